The number of pyridine rings is 1. The predicted octanol–water partition coefficient (Wildman–Crippen LogP) is 3.63. The third kappa shape index (κ3) is 4.12. The van der Waals surface area contributed by atoms with Crippen LogP contribution in [0.5, 0.6) is 0 Å². The van der Waals surface area contributed by atoms with Crippen LogP contribution < -0.4 is 0 Å². The summed E-state index contributed by atoms with van der Waals surface area (Å²) in [6, 6.07) is 13.2. The van der Waals surface area contributed by atoms with Crippen LogP contribution in [-0.2, 0) is 27.5 Å². The van der Waals surface area contributed by atoms with E-state index in [0.29, 0.717) is 0 Å². The molecule has 2 unspecified atom stereocenters. The Bertz CT molecular complexity index is 1250. The zero-order valence-electron chi connectivity index (χ0n) is 17.7. The fourth-order valence-corrected chi connectivity index (χ4v) is 6.06. The Morgan fingerprint density at radius 2 is 1.91 bits per heavy atom. The molecule has 0 N–H and O–H groups in total. The van der Waals surface area contributed by atoms with E-state index in [-0.39, 0.29) is 24.1 Å². The van der Waals surface area contributed by atoms with Gasteiger partial charge in [-0.2, -0.15) is 0 Å². The standard InChI is InChI=1S/C25H25N3O3S/c29-25(16-19-6-8-21(9-7-19)27-13-1-2-14-27)28(22-11-15-32(30,31)18-22)24-5-3-4-20-17-26-12-10-23(20)24/h1-2,6-15,17,22,24H,3-5,16,18H2. The van der Waals surface area contributed by atoms with E-state index < -0.39 is 15.9 Å². The molecule has 3 aromatic rings. The maximum absolute atomic E-state index is 13.6. The van der Waals surface area contributed by atoms with Crippen LogP contribution in [-0.4, -0.2) is 40.6 Å². The summed E-state index contributed by atoms with van der Waals surface area (Å²) in [5, 5.41) is 1.25. The lowest BCUT2D eigenvalue weighted by Gasteiger charge is -2.39. The number of hydrogen-bond donors (Lipinski definition) is 0. The number of benzene rings is 1. The van der Waals surface area contributed by atoms with Gasteiger partial charge in [-0.25, -0.2) is 8.42 Å². The Labute approximate surface area is 188 Å². The van der Waals surface area contributed by atoms with Crippen LogP contribution >= 0.6 is 0 Å². The van der Waals surface area contributed by atoms with Crippen molar-refractivity contribution < 1.29 is 13.2 Å². The van der Waals surface area contributed by atoms with Crippen LogP contribution in [0, 0.1) is 0 Å². The van der Waals surface area contributed by atoms with Crippen molar-refractivity contribution in [2.24, 2.45) is 0 Å². The Hall–Kier alpha value is -3.19. The molecule has 3 heterocycles. The predicted molar refractivity (Wildman–Crippen MR) is 123 cm³/mol. The number of carbonyl (C=O) groups excluding carboxylic acids is 1. The summed E-state index contributed by atoms with van der Waals surface area (Å²) >= 11 is 0. The van der Waals surface area contributed by atoms with Crippen LogP contribution in [0.2, 0.25) is 0 Å². The molecule has 1 amide bonds. The second kappa shape index (κ2) is 8.39. The Balaban J connectivity index is 1.43. The molecule has 1 aliphatic carbocycles. The first-order valence-electron chi connectivity index (χ1n) is 10.9. The molecule has 6 nitrogen and oxygen atoms in total. The molecule has 2 aromatic heterocycles. The lowest BCUT2D eigenvalue weighted by Crippen LogP contribution is -2.45. The Morgan fingerprint density at radius 3 is 2.62 bits per heavy atom. The van der Waals surface area contributed by atoms with Crippen LogP contribution in [0.15, 0.2) is 78.7 Å². The van der Waals surface area contributed by atoms with Crippen LogP contribution in [0.3, 0.4) is 0 Å². The monoisotopic (exact) mass is 447 g/mol. The fourth-order valence-electron chi connectivity index (χ4n) is 4.78. The number of sulfone groups is 1. The summed E-state index contributed by atoms with van der Waals surface area (Å²) < 4.78 is 26.3. The lowest BCUT2D eigenvalue weighted by atomic mass is 9.87. The highest BCUT2D eigenvalue weighted by Crippen LogP contribution is 2.37. The molecule has 0 saturated heterocycles. The highest BCUT2D eigenvalue weighted by Gasteiger charge is 2.37. The third-order valence-electron chi connectivity index (χ3n) is 6.31. The van der Waals surface area contributed by atoms with E-state index in [4.69, 9.17) is 0 Å². The average Bonchev–Trinajstić information content (AvgIpc) is 3.45. The second-order valence-electron chi connectivity index (χ2n) is 8.44. The summed E-state index contributed by atoms with van der Waals surface area (Å²) in [7, 11) is -3.28. The van der Waals surface area contributed by atoms with Gasteiger partial charge in [-0.05, 0) is 72.4 Å². The van der Waals surface area contributed by atoms with E-state index in [1.165, 1.54) is 5.41 Å². The van der Waals surface area contributed by atoms with E-state index in [2.05, 4.69) is 4.98 Å². The quantitative estimate of drug-likeness (QED) is 0.599. The van der Waals surface area contributed by atoms with Crippen molar-refractivity contribution in [1.29, 1.82) is 0 Å². The summed E-state index contributed by atoms with van der Waals surface area (Å²) in [6.45, 7) is 0. The van der Waals surface area contributed by atoms with Gasteiger partial charge in [-0.15, -0.1) is 0 Å². The van der Waals surface area contributed by atoms with Crippen molar-refractivity contribution >= 4 is 15.7 Å². The molecule has 2 atom stereocenters. The second-order valence-corrected chi connectivity index (χ2v) is 10.4. The first-order chi connectivity index (χ1) is 15.5. The normalized spacial score (nSPS) is 21.2. The SMILES string of the molecule is O=C(Cc1ccc(-n2cccc2)cc1)N(C1C=CS(=O)(=O)C1)C1CCCc2cnccc21. The smallest absolute Gasteiger partial charge is 0.228 e. The van der Waals surface area contributed by atoms with Crippen LogP contribution in [0.4, 0.5) is 0 Å². The van der Waals surface area contributed by atoms with Crippen molar-refractivity contribution in [2.45, 2.75) is 37.8 Å². The van der Waals surface area contributed by atoms with Gasteiger partial charge in [0.05, 0.1) is 24.3 Å². The van der Waals surface area contributed by atoms with Crippen molar-refractivity contribution in [1.82, 2.24) is 14.5 Å². The molecule has 1 aromatic carbocycles. The maximum Gasteiger partial charge on any atom is 0.228 e. The number of hydrogen-bond acceptors (Lipinski definition) is 4. The largest absolute Gasteiger partial charge is 0.328 e. The molecule has 32 heavy (non-hydrogen) atoms. The minimum Gasteiger partial charge on any atom is -0.328 e. The molecule has 0 saturated carbocycles. The van der Waals surface area contributed by atoms with E-state index >= 15 is 0 Å². The summed E-state index contributed by atoms with van der Waals surface area (Å²) in [5.41, 5.74) is 4.16. The lowest BCUT2D eigenvalue weighted by molar-refractivity contribution is -0.134. The van der Waals surface area contributed by atoms with Crippen LogP contribution in [0.1, 0.15) is 35.6 Å². The molecule has 164 valence electrons. The van der Waals surface area contributed by atoms with Gasteiger partial charge in [0, 0.05) is 35.9 Å². The van der Waals surface area contributed by atoms with E-state index in [1.807, 2.05) is 65.6 Å². The number of nitrogens with zero attached hydrogens (tertiary/aromatic N) is 3. The highest BCUT2D eigenvalue weighted by molar-refractivity contribution is 7.94. The first-order valence-corrected chi connectivity index (χ1v) is 12.6. The maximum atomic E-state index is 13.6. The third-order valence-corrected chi connectivity index (χ3v) is 7.69. The van der Waals surface area contributed by atoms with E-state index in [1.54, 1.807) is 17.2 Å². The molecule has 2 aliphatic rings. The van der Waals surface area contributed by atoms with Crippen molar-refractivity contribution in [3.8, 4) is 5.69 Å². The van der Waals surface area contributed by atoms with E-state index in [0.717, 1.165) is 41.6 Å². The molecule has 1 aliphatic heterocycles. The number of aryl methyl sites for hydroxylation is 1. The number of aromatic nitrogens is 2. The fraction of sp³-hybridized carbons (Fsp3) is 0.280. The van der Waals surface area contributed by atoms with Gasteiger partial charge >= 0.3 is 0 Å². The number of amides is 1. The van der Waals surface area contributed by atoms with Gasteiger partial charge in [0.25, 0.3) is 0 Å². The van der Waals surface area contributed by atoms with Gasteiger partial charge in [0.2, 0.25) is 5.91 Å². The molecule has 5 rings (SSSR count). The first kappa shape index (κ1) is 20.7. The van der Waals surface area contributed by atoms with Gasteiger partial charge < -0.3 is 9.47 Å². The minimum atomic E-state index is -3.28. The zero-order valence-corrected chi connectivity index (χ0v) is 18.5. The number of rotatable bonds is 5. The number of fused-ring (bicyclic) bond motifs is 1. The number of carbonyl (C=O) groups is 1. The molecule has 7 heteroatoms. The van der Waals surface area contributed by atoms with Crippen molar-refractivity contribution in [2.75, 3.05) is 5.75 Å². The molecule has 0 spiro atoms. The summed E-state index contributed by atoms with van der Waals surface area (Å²) in [4.78, 5) is 19.7. The van der Waals surface area contributed by atoms with Gasteiger partial charge in [-0.3, -0.25) is 9.78 Å². The molecule has 0 radical (unpaired) electrons. The minimum absolute atomic E-state index is 0.0533. The van der Waals surface area contributed by atoms with Gasteiger partial charge in [0.15, 0.2) is 9.84 Å². The van der Waals surface area contributed by atoms with Crippen LogP contribution in [0.25, 0.3) is 5.69 Å². The Morgan fingerprint density at radius 1 is 1.12 bits per heavy atom. The molecule has 0 bridgehead atoms. The summed E-state index contributed by atoms with van der Waals surface area (Å²) in [5.74, 6) is -0.109. The van der Waals surface area contributed by atoms with Crippen molar-refractivity contribution in [3.05, 3.63) is 95.4 Å². The molecular formula is C25H25N3O3S. The summed E-state index contributed by atoms with van der Waals surface area (Å²) in [6.07, 6.45) is 12.2. The van der Waals surface area contributed by atoms with Gasteiger partial charge in [0.1, 0.15) is 0 Å². The average molecular weight is 448 g/mol. The Kier molecular flexibility index (Phi) is 5.43. The zero-order chi connectivity index (χ0) is 22.1. The van der Waals surface area contributed by atoms with Gasteiger partial charge in [-0.1, -0.05) is 12.1 Å². The topological polar surface area (TPSA) is 72.3 Å². The highest BCUT2D eigenvalue weighted by atomic mass is 32.2. The molecular weight excluding hydrogens is 422 g/mol. The van der Waals surface area contributed by atoms with Crippen molar-refractivity contribution in [3.63, 3.8) is 0 Å². The van der Waals surface area contributed by atoms with E-state index in [9.17, 15) is 13.2 Å². The molecule has 0 fully saturated rings.